The quantitative estimate of drug-likeness (QED) is 0.587. The lowest BCUT2D eigenvalue weighted by atomic mass is 9.96. The number of benzene rings is 1. The maximum absolute atomic E-state index is 12.7. The highest BCUT2D eigenvalue weighted by Gasteiger charge is 2.41. The summed E-state index contributed by atoms with van der Waals surface area (Å²) >= 11 is 0. The van der Waals surface area contributed by atoms with Crippen molar-refractivity contribution in [1.82, 2.24) is 10.6 Å². The summed E-state index contributed by atoms with van der Waals surface area (Å²) in [6.45, 7) is 0.847. The summed E-state index contributed by atoms with van der Waals surface area (Å²) in [5, 5.41) is 6.51. The second-order valence-electron chi connectivity index (χ2n) is 7.13. The van der Waals surface area contributed by atoms with Crippen LogP contribution < -0.4 is 14.9 Å². The van der Waals surface area contributed by atoms with E-state index < -0.39 is 10.0 Å². The fraction of sp³-hybridized carbons (Fsp3) is 0.611. The van der Waals surface area contributed by atoms with Crippen molar-refractivity contribution in [1.29, 1.82) is 0 Å². The van der Waals surface area contributed by atoms with Crippen molar-refractivity contribution in [2.45, 2.75) is 43.9 Å². The molecule has 1 aromatic rings. The van der Waals surface area contributed by atoms with Gasteiger partial charge in [-0.25, -0.2) is 8.42 Å². The Hall–Kier alpha value is -1.80. The molecule has 3 unspecified atom stereocenters. The fourth-order valence-electron chi connectivity index (χ4n) is 4.17. The molecule has 26 heavy (non-hydrogen) atoms. The Bertz CT molecular complexity index is 795. The molecule has 0 radical (unpaired) electrons. The van der Waals surface area contributed by atoms with Gasteiger partial charge < -0.3 is 15.4 Å². The number of guanidine groups is 1. The Morgan fingerprint density at radius 3 is 2.92 bits per heavy atom. The number of nitrogens with one attached hydrogen (secondary N) is 2. The van der Waals surface area contributed by atoms with Crippen LogP contribution in [0.25, 0.3) is 0 Å². The van der Waals surface area contributed by atoms with Gasteiger partial charge in [-0.1, -0.05) is 18.2 Å². The molecule has 3 aliphatic heterocycles. The van der Waals surface area contributed by atoms with Crippen LogP contribution in [0.15, 0.2) is 29.3 Å². The number of para-hydroxylation sites is 1. The zero-order valence-electron chi connectivity index (χ0n) is 15.0. The number of aliphatic imine (C=N–C) groups is 1. The van der Waals surface area contributed by atoms with E-state index in [-0.39, 0.29) is 17.9 Å². The molecule has 0 spiro atoms. The van der Waals surface area contributed by atoms with Crippen LogP contribution in [-0.4, -0.2) is 58.5 Å². The van der Waals surface area contributed by atoms with E-state index in [4.69, 9.17) is 4.74 Å². The van der Waals surface area contributed by atoms with Crippen LogP contribution in [0, 0.1) is 0 Å². The SMILES string of the molecule is CN=C(NCCS(=O)(=O)N1CCc2ccccc21)NC1CC2CCC1O2. The van der Waals surface area contributed by atoms with Crippen molar-refractivity contribution in [3.8, 4) is 0 Å². The summed E-state index contributed by atoms with van der Waals surface area (Å²) < 4.78 is 32.8. The molecule has 0 aliphatic carbocycles. The molecule has 2 N–H and O–H groups in total. The van der Waals surface area contributed by atoms with Gasteiger partial charge in [-0.2, -0.15) is 0 Å². The highest BCUT2D eigenvalue weighted by molar-refractivity contribution is 7.92. The van der Waals surface area contributed by atoms with Crippen molar-refractivity contribution >= 4 is 21.7 Å². The molecule has 2 fully saturated rings. The molecule has 0 aromatic heterocycles. The number of hydrogen-bond donors (Lipinski definition) is 2. The van der Waals surface area contributed by atoms with Crippen LogP contribution >= 0.6 is 0 Å². The standard InChI is InChI=1S/C18H26N4O3S/c1-19-18(21-15-12-14-6-7-17(15)25-14)20-9-11-26(23,24)22-10-8-13-4-2-3-5-16(13)22/h2-5,14-15,17H,6-12H2,1H3,(H2,19,20,21). The van der Waals surface area contributed by atoms with Crippen molar-refractivity contribution < 1.29 is 13.2 Å². The molecule has 2 bridgehead atoms. The highest BCUT2D eigenvalue weighted by Crippen LogP contribution is 2.34. The summed E-state index contributed by atoms with van der Waals surface area (Å²) in [5.41, 5.74) is 1.91. The molecule has 2 saturated heterocycles. The molecule has 3 heterocycles. The monoisotopic (exact) mass is 378 g/mol. The van der Waals surface area contributed by atoms with Crippen molar-refractivity contribution in [2.24, 2.45) is 4.99 Å². The topological polar surface area (TPSA) is 83.0 Å². The highest BCUT2D eigenvalue weighted by atomic mass is 32.2. The minimum atomic E-state index is -3.35. The van der Waals surface area contributed by atoms with E-state index in [9.17, 15) is 8.42 Å². The number of anilines is 1. The van der Waals surface area contributed by atoms with Crippen molar-refractivity contribution in [3.63, 3.8) is 0 Å². The van der Waals surface area contributed by atoms with Crippen molar-refractivity contribution in [2.75, 3.05) is 30.2 Å². The second kappa shape index (κ2) is 7.08. The summed E-state index contributed by atoms with van der Waals surface area (Å²) in [5.74, 6) is 0.679. The molecule has 1 aromatic carbocycles. The van der Waals surface area contributed by atoms with Gasteiger partial charge in [0.25, 0.3) is 0 Å². The van der Waals surface area contributed by atoms with E-state index >= 15 is 0 Å². The van der Waals surface area contributed by atoms with Gasteiger partial charge in [0.05, 0.1) is 29.7 Å². The predicted molar refractivity (Wildman–Crippen MR) is 102 cm³/mol. The van der Waals surface area contributed by atoms with Gasteiger partial charge in [-0.3, -0.25) is 9.30 Å². The first-order chi connectivity index (χ1) is 12.6. The molecule has 7 nitrogen and oxygen atoms in total. The van der Waals surface area contributed by atoms with Crippen LogP contribution in [-0.2, 0) is 21.2 Å². The lowest BCUT2D eigenvalue weighted by molar-refractivity contribution is 0.0992. The Balaban J connectivity index is 1.31. The third-order valence-corrected chi connectivity index (χ3v) is 7.26. The third kappa shape index (κ3) is 3.40. The van der Waals surface area contributed by atoms with Gasteiger partial charge in [-0.15, -0.1) is 0 Å². The number of sulfonamides is 1. The Morgan fingerprint density at radius 1 is 1.35 bits per heavy atom. The number of hydrogen-bond acceptors (Lipinski definition) is 4. The average molecular weight is 378 g/mol. The van der Waals surface area contributed by atoms with Gasteiger partial charge in [0, 0.05) is 20.1 Å². The summed E-state index contributed by atoms with van der Waals surface area (Å²) in [6, 6.07) is 7.97. The van der Waals surface area contributed by atoms with E-state index in [0.29, 0.717) is 25.2 Å². The second-order valence-corrected chi connectivity index (χ2v) is 9.14. The molecule has 3 aliphatic rings. The van der Waals surface area contributed by atoms with Gasteiger partial charge in [0.1, 0.15) is 0 Å². The Morgan fingerprint density at radius 2 is 2.19 bits per heavy atom. The molecule has 4 rings (SSSR count). The van der Waals surface area contributed by atoms with E-state index in [1.807, 2.05) is 24.3 Å². The lowest BCUT2D eigenvalue weighted by Gasteiger charge is -2.23. The fourth-order valence-corrected chi connectivity index (χ4v) is 5.59. The number of nitrogens with zero attached hydrogens (tertiary/aromatic N) is 2. The summed E-state index contributed by atoms with van der Waals surface area (Å²) in [4.78, 5) is 4.22. The number of rotatable bonds is 5. The van der Waals surface area contributed by atoms with Gasteiger partial charge >= 0.3 is 0 Å². The minimum Gasteiger partial charge on any atom is -0.373 e. The largest absolute Gasteiger partial charge is 0.373 e. The summed E-state index contributed by atoms with van der Waals surface area (Å²) in [6.07, 6.45) is 4.62. The Labute approximate surface area is 154 Å². The zero-order chi connectivity index (χ0) is 18.1. The molecule has 0 amide bonds. The van der Waals surface area contributed by atoms with Crippen LogP contribution in [0.4, 0.5) is 5.69 Å². The molecule has 0 saturated carbocycles. The molecule has 142 valence electrons. The number of ether oxygens (including phenoxy) is 1. The third-order valence-electron chi connectivity index (χ3n) is 5.48. The van der Waals surface area contributed by atoms with Crippen LogP contribution in [0.5, 0.6) is 0 Å². The summed E-state index contributed by atoms with van der Waals surface area (Å²) in [7, 11) is -1.65. The number of fused-ring (bicyclic) bond motifs is 3. The van der Waals surface area contributed by atoms with Crippen LogP contribution in [0.2, 0.25) is 0 Å². The van der Waals surface area contributed by atoms with Crippen molar-refractivity contribution in [3.05, 3.63) is 29.8 Å². The van der Waals surface area contributed by atoms with Gasteiger partial charge in [0.15, 0.2) is 5.96 Å². The van der Waals surface area contributed by atoms with E-state index in [1.165, 1.54) is 4.31 Å². The van der Waals surface area contributed by atoms with E-state index in [1.54, 1.807) is 7.05 Å². The molecular weight excluding hydrogens is 352 g/mol. The zero-order valence-corrected chi connectivity index (χ0v) is 15.8. The Kier molecular flexibility index (Phi) is 4.79. The predicted octanol–water partition coefficient (Wildman–Crippen LogP) is 0.864. The normalized spacial score (nSPS) is 27.7. The molecule has 3 atom stereocenters. The molecular formula is C18H26N4O3S. The maximum atomic E-state index is 12.7. The lowest BCUT2D eigenvalue weighted by Crippen LogP contribution is -2.48. The minimum absolute atomic E-state index is 0.0370. The van der Waals surface area contributed by atoms with E-state index in [0.717, 1.165) is 36.9 Å². The van der Waals surface area contributed by atoms with Crippen LogP contribution in [0.3, 0.4) is 0 Å². The first-order valence-electron chi connectivity index (χ1n) is 9.28. The van der Waals surface area contributed by atoms with E-state index in [2.05, 4.69) is 15.6 Å². The van der Waals surface area contributed by atoms with Gasteiger partial charge in [-0.05, 0) is 37.3 Å². The first kappa shape index (κ1) is 17.6. The van der Waals surface area contributed by atoms with Crippen LogP contribution in [0.1, 0.15) is 24.8 Å². The molecule has 8 heteroatoms. The average Bonchev–Trinajstić information content (AvgIpc) is 3.35. The first-order valence-corrected chi connectivity index (χ1v) is 10.9. The maximum Gasteiger partial charge on any atom is 0.236 e. The van der Waals surface area contributed by atoms with Gasteiger partial charge in [0.2, 0.25) is 10.0 Å². The smallest absolute Gasteiger partial charge is 0.236 e.